The van der Waals surface area contributed by atoms with E-state index in [2.05, 4.69) is 5.32 Å². The Bertz CT molecular complexity index is 777. The van der Waals surface area contributed by atoms with Gasteiger partial charge in [0.25, 0.3) is 5.91 Å². The van der Waals surface area contributed by atoms with E-state index < -0.39 is 18.0 Å². The minimum Gasteiger partial charge on any atom is -0.493 e. The van der Waals surface area contributed by atoms with Crippen molar-refractivity contribution < 1.29 is 23.8 Å². The van der Waals surface area contributed by atoms with Crippen molar-refractivity contribution in [3.63, 3.8) is 0 Å². The van der Waals surface area contributed by atoms with Crippen LogP contribution in [0.3, 0.4) is 0 Å². The molecule has 0 saturated heterocycles. The van der Waals surface area contributed by atoms with E-state index in [1.165, 1.54) is 32.2 Å². The number of rotatable bonds is 7. The first-order valence-corrected chi connectivity index (χ1v) is 8.37. The van der Waals surface area contributed by atoms with Crippen LogP contribution in [0.2, 0.25) is 10.0 Å². The highest BCUT2D eigenvalue weighted by Gasteiger charge is 2.19. The van der Waals surface area contributed by atoms with Gasteiger partial charge >= 0.3 is 5.97 Å². The molecule has 0 radical (unpaired) electrons. The number of anilines is 1. The number of ether oxygens (including phenoxy) is 3. The molecular weight excluding hydrogens is 381 g/mol. The molecule has 1 atom stereocenters. The molecule has 0 spiro atoms. The Morgan fingerprint density at radius 1 is 1.08 bits per heavy atom. The normalized spacial score (nSPS) is 11.4. The van der Waals surface area contributed by atoms with Crippen LogP contribution in [0.25, 0.3) is 0 Å². The van der Waals surface area contributed by atoms with E-state index in [0.717, 1.165) is 0 Å². The van der Waals surface area contributed by atoms with Gasteiger partial charge in [0, 0.05) is 15.7 Å². The maximum absolute atomic E-state index is 12.1. The van der Waals surface area contributed by atoms with Crippen LogP contribution >= 0.6 is 23.2 Å². The van der Waals surface area contributed by atoms with Crippen molar-refractivity contribution in [2.75, 3.05) is 19.0 Å². The van der Waals surface area contributed by atoms with E-state index in [9.17, 15) is 9.59 Å². The number of benzene rings is 2. The summed E-state index contributed by atoms with van der Waals surface area (Å²) in [6.45, 7) is 1.09. The van der Waals surface area contributed by atoms with Crippen molar-refractivity contribution in [2.45, 2.75) is 13.0 Å². The van der Waals surface area contributed by atoms with Crippen molar-refractivity contribution in [2.24, 2.45) is 0 Å². The molecule has 0 aliphatic rings. The third kappa shape index (κ3) is 5.82. The Morgan fingerprint density at radius 2 is 1.69 bits per heavy atom. The minimum absolute atomic E-state index is 0.360. The first kappa shape index (κ1) is 19.9. The van der Waals surface area contributed by atoms with Gasteiger partial charge in [-0.3, -0.25) is 4.79 Å². The fourth-order valence-corrected chi connectivity index (χ4v) is 2.56. The summed E-state index contributed by atoms with van der Waals surface area (Å²) in [6.07, 6.45) is -1.03. The van der Waals surface area contributed by atoms with Gasteiger partial charge in [0.1, 0.15) is 0 Å². The van der Waals surface area contributed by atoms with Gasteiger partial charge < -0.3 is 19.5 Å². The van der Waals surface area contributed by atoms with Gasteiger partial charge in [-0.15, -0.1) is 0 Å². The molecule has 26 heavy (non-hydrogen) atoms. The zero-order valence-electron chi connectivity index (χ0n) is 14.1. The fraction of sp³-hybridized carbons (Fsp3) is 0.222. The maximum Gasteiger partial charge on any atom is 0.344 e. The Morgan fingerprint density at radius 3 is 2.31 bits per heavy atom. The van der Waals surface area contributed by atoms with Crippen molar-refractivity contribution in [1.29, 1.82) is 0 Å². The lowest BCUT2D eigenvalue weighted by Gasteiger charge is -2.15. The molecule has 0 fully saturated rings. The summed E-state index contributed by atoms with van der Waals surface area (Å²) in [5.74, 6) is -0.321. The van der Waals surface area contributed by atoms with E-state index in [1.54, 1.807) is 24.3 Å². The molecule has 2 aromatic carbocycles. The van der Waals surface area contributed by atoms with E-state index in [-0.39, 0.29) is 6.61 Å². The number of carbonyl (C=O) groups excluding carboxylic acids is 2. The van der Waals surface area contributed by atoms with E-state index in [4.69, 9.17) is 37.4 Å². The number of hydrogen-bond acceptors (Lipinski definition) is 5. The summed E-state index contributed by atoms with van der Waals surface area (Å²) < 4.78 is 15.5. The predicted molar refractivity (Wildman–Crippen MR) is 99.1 cm³/mol. The highest BCUT2D eigenvalue weighted by Crippen LogP contribution is 2.25. The van der Waals surface area contributed by atoms with Crippen LogP contribution in [0, 0.1) is 0 Å². The summed E-state index contributed by atoms with van der Waals surface area (Å²) in [6, 6.07) is 11.5. The van der Waals surface area contributed by atoms with Gasteiger partial charge in [0.05, 0.1) is 7.11 Å². The fourth-order valence-electron chi connectivity index (χ4n) is 2.03. The molecule has 0 aliphatic carbocycles. The van der Waals surface area contributed by atoms with Crippen molar-refractivity contribution in [1.82, 2.24) is 0 Å². The molecular formula is C18H17Cl2NO5. The molecule has 8 heteroatoms. The van der Waals surface area contributed by atoms with Gasteiger partial charge in [0.2, 0.25) is 0 Å². The standard InChI is InChI=1S/C18H17Cl2NO5/c1-11(18(23)21-14-8-12(19)7-13(20)9-14)26-17(22)10-25-16-6-4-3-5-15(16)24-2/h3-9,11H,10H2,1-2H3,(H,21,23). The summed E-state index contributed by atoms with van der Waals surface area (Å²) in [4.78, 5) is 24.0. The largest absolute Gasteiger partial charge is 0.493 e. The number of esters is 1. The summed E-state index contributed by atoms with van der Waals surface area (Å²) in [5.41, 5.74) is 0.403. The van der Waals surface area contributed by atoms with Gasteiger partial charge in [-0.1, -0.05) is 35.3 Å². The number of methoxy groups -OCH3 is 1. The number of carbonyl (C=O) groups is 2. The molecule has 1 N–H and O–H groups in total. The smallest absolute Gasteiger partial charge is 0.344 e. The highest BCUT2D eigenvalue weighted by atomic mass is 35.5. The number of hydrogen-bond donors (Lipinski definition) is 1. The van der Waals surface area contributed by atoms with Gasteiger partial charge in [0.15, 0.2) is 24.2 Å². The van der Waals surface area contributed by atoms with Crippen LogP contribution in [0.5, 0.6) is 11.5 Å². The molecule has 0 bridgehead atoms. The molecule has 1 amide bonds. The zero-order valence-corrected chi connectivity index (χ0v) is 15.6. The lowest BCUT2D eigenvalue weighted by atomic mass is 10.3. The van der Waals surface area contributed by atoms with Crippen LogP contribution in [0.15, 0.2) is 42.5 Å². The van der Waals surface area contributed by atoms with E-state index in [1.807, 2.05) is 0 Å². The molecule has 0 heterocycles. The number of amides is 1. The second-order valence-corrected chi connectivity index (χ2v) is 6.09. The summed E-state index contributed by atoms with van der Waals surface area (Å²) >= 11 is 11.7. The molecule has 2 rings (SSSR count). The molecule has 6 nitrogen and oxygen atoms in total. The van der Waals surface area contributed by atoms with Crippen molar-refractivity contribution in [3.05, 3.63) is 52.5 Å². The third-order valence-corrected chi connectivity index (χ3v) is 3.66. The van der Waals surface area contributed by atoms with Crippen LogP contribution < -0.4 is 14.8 Å². The lowest BCUT2D eigenvalue weighted by Crippen LogP contribution is -2.31. The minimum atomic E-state index is -1.03. The first-order valence-electron chi connectivity index (χ1n) is 7.61. The highest BCUT2D eigenvalue weighted by molar-refractivity contribution is 6.35. The van der Waals surface area contributed by atoms with Crippen molar-refractivity contribution in [3.8, 4) is 11.5 Å². The molecule has 0 saturated carbocycles. The molecule has 0 aliphatic heterocycles. The average Bonchev–Trinajstić information content (AvgIpc) is 2.59. The Hall–Kier alpha value is -2.44. The van der Waals surface area contributed by atoms with Gasteiger partial charge in [-0.05, 0) is 37.3 Å². The monoisotopic (exact) mass is 397 g/mol. The van der Waals surface area contributed by atoms with E-state index >= 15 is 0 Å². The number of para-hydroxylation sites is 2. The Balaban J connectivity index is 1.86. The van der Waals surface area contributed by atoms with Gasteiger partial charge in [-0.2, -0.15) is 0 Å². The number of nitrogens with one attached hydrogen (secondary N) is 1. The average molecular weight is 398 g/mol. The van der Waals surface area contributed by atoms with E-state index in [0.29, 0.717) is 27.2 Å². The summed E-state index contributed by atoms with van der Waals surface area (Å²) in [5, 5.41) is 3.33. The Labute approximate surface area is 160 Å². The lowest BCUT2D eigenvalue weighted by molar-refractivity contribution is -0.155. The van der Waals surface area contributed by atoms with Crippen LogP contribution in [0.4, 0.5) is 5.69 Å². The first-order chi connectivity index (χ1) is 12.4. The molecule has 2 aromatic rings. The Kier molecular flexibility index (Phi) is 7.12. The zero-order chi connectivity index (χ0) is 19.1. The van der Waals surface area contributed by atoms with Crippen molar-refractivity contribution >= 4 is 40.8 Å². The topological polar surface area (TPSA) is 73.9 Å². The third-order valence-electron chi connectivity index (χ3n) is 3.22. The predicted octanol–water partition coefficient (Wildman–Crippen LogP) is 3.95. The maximum atomic E-state index is 12.1. The molecule has 1 unspecified atom stereocenters. The van der Waals surface area contributed by atoms with Crippen LogP contribution in [0.1, 0.15) is 6.92 Å². The molecule has 138 valence electrons. The SMILES string of the molecule is COc1ccccc1OCC(=O)OC(C)C(=O)Nc1cc(Cl)cc(Cl)c1. The molecule has 0 aromatic heterocycles. The summed E-state index contributed by atoms with van der Waals surface area (Å²) in [7, 11) is 1.50. The second-order valence-electron chi connectivity index (χ2n) is 5.22. The second kappa shape index (κ2) is 9.31. The number of halogens is 2. The quantitative estimate of drug-likeness (QED) is 0.715. The van der Waals surface area contributed by atoms with Gasteiger partial charge in [-0.25, -0.2) is 4.79 Å². The van der Waals surface area contributed by atoms with Crippen LogP contribution in [-0.2, 0) is 14.3 Å². The van der Waals surface area contributed by atoms with Crippen LogP contribution in [-0.4, -0.2) is 31.7 Å².